The van der Waals surface area contributed by atoms with E-state index in [2.05, 4.69) is 35.8 Å². The zero-order valence-electron chi connectivity index (χ0n) is 9.51. The van der Waals surface area contributed by atoms with Gasteiger partial charge in [0.15, 0.2) is 0 Å². The first kappa shape index (κ1) is 11.6. The van der Waals surface area contributed by atoms with Crippen molar-refractivity contribution in [3.8, 4) is 0 Å². The minimum absolute atomic E-state index is 0.0820. The summed E-state index contributed by atoms with van der Waals surface area (Å²) in [6, 6.07) is 4.10. The van der Waals surface area contributed by atoms with Crippen LogP contribution in [0.4, 0.5) is 0 Å². The van der Waals surface area contributed by atoms with Crippen LogP contribution in [0.3, 0.4) is 0 Å². The molecule has 0 saturated heterocycles. The van der Waals surface area contributed by atoms with Gasteiger partial charge in [-0.3, -0.25) is 4.79 Å². The van der Waals surface area contributed by atoms with E-state index in [0.29, 0.717) is 0 Å². The Morgan fingerprint density at radius 1 is 1.38 bits per heavy atom. The van der Waals surface area contributed by atoms with Crippen LogP contribution in [0.25, 0.3) is 0 Å². The highest BCUT2D eigenvalue weighted by molar-refractivity contribution is 9.10. The number of benzene rings is 1. The third kappa shape index (κ3) is 1.88. The minimum Gasteiger partial charge on any atom is -0.481 e. The highest BCUT2D eigenvalue weighted by Gasteiger charge is 2.46. The van der Waals surface area contributed by atoms with Crippen LogP contribution in [0.1, 0.15) is 36.0 Å². The summed E-state index contributed by atoms with van der Waals surface area (Å²) in [6.45, 7) is 4.15. The fraction of sp³-hybridized carbons (Fsp3) is 0.462. The van der Waals surface area contributed by atoms with Gasteiger partial charge in [-0.25, -0.2) is 0 Å². The summed E-state index contributed by atoms with van der Waals surface area (Å²) in [5, 5.41) is 8.96. The van der Waals surface area contributed by atoms with Crippen molar-refractivity contribution in [2.75, 3.05) is 0 Å². The van der Waals surface area contributed by atoms with Crippen LogP contribution in [0.15, 0.2) is 16.6 Å². The zero-order chi connectivity index (χ0) is 11.9. The standard InChI is InChI=1S/C13H15BrO2/c1-8-9(2)11(14)4-3-10(8)13(5-6-13)7-12(15)16/h3-4H,5-7H2,1-2H3,(H,15,16). The Labute approximate surface area is 104 Å². The van der Waals surface area contributed by atoms with E-state index in [4.69, 9.17) is 5.11 Å². The first-order chi connectivity index (χ1) is 7.46. The number of rotatable bonds is 3. The molecule has 0 spiro atoms. The molecule has 0 bridgehead atoms. The quantitative estimate of drug-likeness (QED) is 0.920. The van der Waals surface area contributed by atoms with Crippen LogP contribution in [0.5, 0.6) is 0 Å². The molecule has 0 atom stereocenters. The van der Waals surface area contributed by atoms with E-state index in [1.54, 1.807) is 0 Å². The summed E-state index contributed by atoms with van der Waals surface area (Å²) in [5.41, 5.74) is 3.58. The molecule has 1 aliphatic carbocycles. The molecule has 2 nitrogen and oxygen atoms in total. The largest absolute Gasteiger partial charge is 0.481 e. The van der Waals surface area contributed by atoms with E-state index in [1.165, 1.54) is 16.7 Å². The van der Waals surface area contributed by atoms with Gasteiger partial charge in [-0.1, -0.05) is 22.0 Å². The molecule has 86 valence electrons. The average molecular weight is 283 g/mol. The molecule has 0 radical (unpaired) electrons. The second kappa shape index (κ2) is 3.88. The van der Waals surface area contributed by atoms with E-state index in [9.17, 15) is 4.79 Å². The van der Waals surface area contributed by atoms with Gasteiger partial charge in [-0.15, -0.1) is 0 Å². The molecule has 1 aromatic rings. The Kier molecular flexibility index (Phi) is 2.82. The number of aliphatic carboxylic acids is 1. The normalized spacial score (nSPS) is 17.2. The van der Waals surface area contributed by atoms with E-state index in [0.717, 1.165) is 17.3 Å². The lowest BCUT2D eigenvalue weighted by molar-refractivity contribution is -0.137. The topological polar surface area (TPSA) is 37.3 Å². The lowest BCUT2D eigenvalue weighted by atomic mass is 9.87. The number of carboxylic acid groups (broad SMARTS) is 1. The van der Waals surface area contributed by atoms with Gasteiger partial charge < -0.3 is 5.11 Å². The molecule has 0 heterocycles. The van der Waals surface area contributed by atoms with Gasteiger partial charge in [0.25, 0.3) is 0 Å². The van der Waals surface area contributed by atoms with E-state index in [1.807, 2.05) is 6.07 Å². The maximum atomic E-state index is 10.9. The predicted molar refractivity (Wildman–Crippen MR) is 66.8 cm³/mol. The molecule has 3 heteroatoms. The van der Waals surface area contributed by atoms with Crippen LogP contribution in [0.2, 0.25) is 0 Å². The third-order valence-corrected chi connectivity index (χ3v) is 4.49. The Bertz CT molecular complexity index is 447. The highest BCUT2D eigenvalue weighted by atomic mass is 79.9. The Morgan fingerprint density at radius 2 is 2.00 bits per heavy atom. The molecule has 0 aliphatic heterocycles. The molecule has 1 aliphatic rings. The maximum absolute atomic E-state index is 10.9. The van der Waals surface area contributed by atoms with Crippen molar-refractivity contribution in [1.29, 1.82) is 0 Å². The molecular weight excluding hydrogens is 268 g/mol. The van der Waals surface area contributed by atoms with Crippen LogP contribution >= 0.6 is 15.9 Å². The molecule has 0 aromatic heterocycles. The van der Waals surface area contributed by atoms with Crippen LogP contribution in [0, 0.1) is 13.8 Å². The molecule has 0 unspecified atom stereocenters. The predicted octanol–water partition coefficient (Wildman–Crippen LogP) is 3.57. The van der Waals surface area contributed by atoms with Crippen molar-refractivity contribution in [3.63, 3.8) is 0 Å². The molecule has 1 fully saturated rings. The fourth-order valence-electron chi connectivity index (χ4n) is 2.34. The maximum Gasteiger partial charge on any atom is 0.304 e. The lowest BCUT2D eigenvalue weighted by Crippen LogP contribution is -2.14. The van der Waals surface area contributed by atoms with Gasteiger partial charge in [0.1, 0.15) is 0 Å². The van der Waals surface area contributed by atoms with E-state index in [-0.39, 0.29) is 11.8 Å². The van der Waals surface area contributed by atoms with Crippen molar-refractivity contribution >= 4 is 21.9 Å². The summed E-state index contributed by atoms with van der Waals surface area (Å²) < 4.78 is 1.10. The highest BCUT2D eigenvalue weighted by Crippen LogP contribution is 2.52. The van der Waals surface area contributed by atoms with Crippen LogP contribution < -0.4 is 0 Å². The molecule has 0 amide bonds. The number of carboxylic acids is 1. The summed E-state index contributed by atoms with van der Waals surface area (Å²) in [4.78, 5) is 10.9. The van der Waals surface area contributed by atoms with Crippen molar-refractivity contribution in [1.82, 2.24) is 0 Å². The number of carbonyl (C=O) groups is 1. The van der Waals surface area contributed by atoms with Gasteiger partial charge in [0, 0.05) is 9.89 Å². The average Bonchev–Trinajstić information content (AvgIpc) is 2.94. The Balaban J connectivity index is 2.42. The van der Waals surface area contributed by atoms with Gasteiger partial charge in [0.05, 0.1) is 6.42 Å². The first-order valence-electron chi connectivity index (χ1n) is 5.44. The minimum atomic E-state index is -0.697. The molecule has 1 N–H and O–H groups in total. The number of hydrogen-bond donors (Lipinski definition) is 1. The smallest absolute Gasteiger partial charge is 0.304 e. The zero-order valence-corrected chi connectivity index (χ0v) is 11.1. The van der Waals surface area contributed by atoms with E-state index >= 15 is 0 Å². The van der Waals surface area contributed by atoms with Gasteiger partial charge in [0.2, 0.25) is 0 Å². The number of halogens is 1. The molecule has 16 heavy (non-hydrogen) atoms. The molecular formula is C13H15BrO2. The first-order valence-corrected chi connectivity index (χ1v) is 6.23. The third-order valence-electron chi connectivity index (χ3n) is 3.64. The summed E-state index contributed by atoms with van der Waals surface area (Å²) in [7, 11) is 0. The number of hydrogen-bond acceptors (Lipinski definition) is 1. The fourth-order valence-corrected chi connectivity index (χ4v) is 2.77. The summed E-state index contributed by atoms with van der Waals surface area (Å²) >= 11 is 3.50. The Morgan fingerprint density at radius 3 is 2.50 bits per heavy atom. The summed E-state index contributed by atoms with van der Waals surface area (Å²) in [6.07, 6.45) is 2.26. The van der Waals surface area contributed by atoms with Gasteiger partial charge in [-0.05, 0) is 49.4 Å². The SMILES string of the molecule is Cc1c(Br)ccc(C2(CC(=O)O)CC2)c1C. The molecule has 1 saturated carbocycles. The van der Waals surface area contributed by atoms with Gasteiger partial charge >= 0.3 is 5.97 Å². The second-order valence-corrected chi connectivity index (χ2v) is 5.55. The summed E-state index contributed by atoms with van der Waals surface area (Å²) in [5.74, 6) is -0.697. The van der Waals surface area contributed by atoms with Crippen molar-refractivity contribution in [2.45, 2.75) is 38.5 Å². The Hall–Kier alpha value is -0.830. The molecule has 2 rings (SSSR count). The van der Waals surface area contributed by atoms with Crippen molar-refractivity contribution in [2.24, 2.45) is 0 Å². The van der Waals surface area contributed by atoms with Crippen LogP contribution in [-0.4, -0.2) is 11.1 Å². The van der Waals surface area contributed by atoms with Crippen molar-refractivity contribution < 1.29 is 9.90 Å². The monoisotopic (exact) mass is 282 g/mol. The second-order valence-electron chi connectivity index (χ2n) is 4.70. The van der Waals surface area contributed by atoms with Crippen molar-refractivity contribution in [3.05, 3.63) is 33.3 Å². The van der Waals surface area contributed by atoms with Gasteiger partial charge in [-0.2, -0.15) is 0 Å². The van der Waals surface area contributed by atoms with E-state index < -0.39 is 5.97 Å². The molecule has 1 aromatic carbocycles. The lowest BCUT2D eigenvalue weighted by Gasteiger charge is -2.18. The van der Waals surface area contributed by atoms with Crippen LogP contribution in [-0.2, 0) is 10.2 Å².